The minimum atomic E-state index is -0.554. The quantitative estimate of drug-likeness (QED) is 0.768. The fourth-order valence-corrected chi connectivity index (χ4v) is 1.77. The van der Waals surface area contributed by atoms with Crippen molar-refractivity contribution in [2.24, 2.45) is 0 Å². The number of carbonyl (C=O) groups is 1. The molecule has 6 heteroatoms. The Balaban J connectivity index is 2.47. The first-order chi connectivity index (χ1) is 7.63. The first kappa shape index (κ1) is 12.9. The fourth-order valence-electron chi connectivity index (χ4n) is 0.977. The normalized spacial score (nSPS) is 10.2. The van der Waals surface area contributed by atoms with Gasteiger partial charge in [-0.2, -0.15) is 0 Å². The number of hydrogen-bond acceptors (Lipinski definition) is 3. The van der Waals surface area contributed by atoms with Crippen molar-refractivity contribution in [2.75, 3.05) is 18.9 Å². The van der Waals surface area contributed by atoms with E-state index in [9.17, 15) is 13.6 Å². The lowest BCUT2D eigenvalue weighted by Crippen LogP contribution is -2.27. The van der Waals surface area contributed by atoms with Gasteiger partial charge in [0.25, 0.3) is 0 Å². The Morgan fingerprint density at radius 3 is 2.88 bits per heavy atom. The Morgan fingerprint density at radius 2 is 2.19 bits per heavy atom. The number of nitrogens with one attached hydrogen (secondary N) is 1. The molecule has 2 N–H and O–H groups in total. The van der Waals surface area contributed by atoms with E-state index in [-0.39, 0.29) is 29.7 Å². The van der Waals surface area contributed by atoms with Crippen LogP contribution in [0.1, 0.15) is 0 Å². The van der Waals surface area contributed by atoms with Gasteiger partial charge in [0, 0.05) is 11.4 Å². The van der Waals surface area contributed by atoms with E-state index in [2.05, 4.69) is 5.32 Å². The van der Waals surface area contributed by atoms with Gasteiger partial charge in [0.2, 0.25) is 5.91 Å². The van der Waals surface area contributed by atoms with Crippen LogP contribution < -0.4 is 5.32 Å². The van der Waals surface area contributed by atoms with Crippen molar-refractivity contribution >= 4 is 17.7 Å². The summed E-state index contributed by atoms with van der Waals surface area (Å²) in [7, 11) is 0. The van der Waals surface area contributed by atoms with Gasteiger partial charge >= 0.3 is 0 Å². The number of thioether (sulfide) groups is 1. The summed E-state index contributed by atoms with van der Waals surface area (Å²) in [5.41, 5.74) is 0. The molecule has 0 unspecified atom stereocenters. The summed E-state index contributed by atoms with van der Waals surface area (Å²) in [5.74, 6) is -1.44. The first-order valence-corrected chi connectivity index (χ1v) is 5.57. The number of benzene rings is 1. The van der Waals surface area contributed by atoms with Crippen LogP contribution in [-0.4, -0.2) is 29.9 Å². The summed E-state index contributed by atoms with van der Waals surface area (Å²) in [6.07, 6.45) is 0. The van der Waals surface area contributed by atoms with Crippen molar-refractivity contribution in [3.05, 3.63) is 29.8 Å². The summed E-state index contributed by atoms with van der Waals surface area (Å²) in [6, 6.07) is 3.08. The van der Waals surface area contributed by atoms with Crippen molar-refractivity contribution in [2.45, 2.75) is 4.90 Å². The second-order valence-corrected chi connectivity index (χ2v) is 3.95. The van der Waals surface area contributed by atoms with Gasteiger partial charge < -0.3 is 10.4 Å². The molecule has 1 rings (SSSR count). The summed E-state index contributed by atoms with van der Waals surface area (Å²) in [6.45, 7) is 0.00968. The lowest BCUT2D eigenvalue weighted by Gasteiger charge is -2.04. The molecule has 0 spiro atoms. The van der Waals surface area contributed by atoms with E-state index in [1.165, 1.54) is 0 Å². The van der Waals surface area contributed by atoms with Crippen LogP contribution in [0.4, 0.5) is 8.78 Å². The molecule has 1 amide bonds. The molecule has 16 heavy (non-hydrogen) atoms. The maximum atomic E-state index is 13.1. The molecule has 0 saturated heterocycles. The summed E-state index contributed by atoms with van der Waals surface area (Å²) in [5, 5.41) is 10.9. The van der Waals surface area contributed by atoms with Crippen LogP contribution in [-0.2, 0) is 4.79 Å². The molecule has 0 fully saturated rings. The predicted molar refractivity (Wildman–Crippen MR) is 57.2 cm³/mol. The molecule has 0 saturated carbocycles. The van der Waals surface area contributed by atoms with Crippen LogP contribution in [0.3, 0.4) is 0 Å². The average Bonchev–Trinajstić information content (AvgIpc) is 2.27. The second kappa shape index (κ2) is 6.44. The third-order valence-electron chi connectivity index (χ3n) is 1.69. The first-order valence-electron chi connectivity index (χ1n) is 4.59. The zero-order chi connectivity index (χ0) is 12.0. The minimum absolute atomic E-state index is 0.0135. The van der Waals surface area contributed by atoms with Gasteiger partial charge in [0.05, 0.1) is 12.4 Å². The molecule has 0 radical (unpaired) electrons. The topological polar surface area (TPSA) is 49.3 Å². The number of rotatable bonds is 5. The SMILES string of the molecule is O=C(CSc1cc(F)ccc1F)NCCO. The molecular weight excluding hydrogens is 236 g/mol. The second-order valence-electron chi connectivity index (χ2n) is 2.94. The predicted octanol–water partition coefficient (Wildman–Crippen LogP) is 1.17. The maximum Gasteiger partial charge on any atom is 0.230 e. The highest BCUT2D eigenvalue weighted by Crippen LogP contribution is 2.22. The van der Waals surface area contributed by atoms with Gasteiger partial charge in [-0.05, 0) is 18.2 Å². The van der Waals surface area contributed by atoms with Crippen LogP contribution in [0.5, 0.6) is 0 Å². The number of carbonyl (C=O) groups excluding carboxylic acids is 1. The molecule has 0 aliphatic heterocycles. The van der Waals surface area contributed by atoms with E-state index < -0.39 is 11.6 Å². The third-order valence-corrected chi connectivity index (χ3v) is 2.72. The highest BCUT2D eigenvalue weighted by molar-refractivity contribution is 8.00. The van der Waals surface area contributed by atoms with Crippen LogP contribution in [0.25, 0.3) is 0 Å². The molecular formula is C10H11F2NO2S. The van der Waals surface area contributed by atoms with E-state index >= 15 is 0 Å². The average molecular weight is 247 g/mol. The number of aliphatic hydroxyl groups excluding tert-OH is 1. The van der Waals surface area contributed by atoms with Crippen LogP contribution in [0, 0.1) is 11.6 Å². The zero-order valence-corrected chi connectivity index (χ0v) is 9.19. The molecule has 1 aromatic carbocycles. The van der Waals surface area contributed by atoms with Gasteiger partial charge in [-0.3, -0.25) is 4.79 Å². The largest absolute Gasteiger partial charge is 0.395 e. The number of hydrogen-bond donors (Lipinski definition) is 2. The van der Waals surface area contributed by atoms with Crippen LogP contribution in [0.2, 0.25) is 0 Å². The third kappa shape index (κ3) is 4.16. The highest BCUT2D eigenvalue weighted by atomic mass is 32.2. The Morgan fingerprint density at radius 1 is 1.44 bits per heavy atom. The van der Waals surface area contributed by atoms with Crippen LogP contribution in [0.15, 0.2) is 23.1 Å². The molecule has 3 nitrogen and oxygen atoms in total. The standard InChI is InChI=1S/C10H11F2NO2S/c11-7-1-2-8(12)9(5-7)16-6-10(15)13-3-4-14/h1-2,5,14H,3-4,6H2,(H,13,15). The Bertz CT molecular complexity index is 374. The summed E-state index contributed by atoms with van der Waals surface area (Å²) >= 11 is 0.911. The van der Waals surface area contributed by atoms with E-state index in [0.29, 0.717) is 0 Å². The molecule has 0 atom stereocenters. The van der Waals surface area contributed by atoms with Crippen molar-refractivity contribution in [1.29, 1.82) is 0 Å². The number of amides is 1. The molecule has 0 aliphatic carbocycles. The van der Waals surface area contributed by atoms with Gasteiger partial charge in [-0.1, -0.05) is 0 Å². The van der Waals surface area contributed by atoms with E-state index in [1.54, 1.807) is 0 Å². The Kier molecular flexibility index (Phi) is 5.21. The smallest absolute Gasteiger partial charge is 0.230 e. The zero-order valence-electron chi connectivity index (χ0n) is 8.37. The molecule has 88 valence electrons. The van der Waals surface area contributed by atoms with Crippen molar-refractivity contribution in [3.63, 3.8) is 0 Å². The summed E-state index contributed by atoms with van der Waals surface area (Å²) in [4.78, 5) is 11.2. The monoisotopic (exact) mass is 247 g/mol. The van der Waals surface area contributed by atoms with Gasteiger partial charge in [0.1, 0.15) is 11.6 Å². The van der Waals surface area contributed by atoms with E-state index in [0.717, 1.165) is 30.0 Å². The lowest BCUT2D eigenvalue weighted by molar-refractivity contribution is -0.118. The van der Waals surface area contributed by atoms with Crippen molar-refractivity contribution in [3.8, 4) is 0 Å². The van der Waals surface area contributed by atoms with Gasteiger partial charge in [-0.25, -0.2) is 8.78 Å². The highest BCUT2D eigenvalue weighted by Gasteiger charge is 2.07. The molecule has 0 aliphatic rings. The summed E-state index contributed by atoms with van der Waals surface area (Å²) < 4.78 is 25.9. The molecule has 0 bridgehead atoms. The van der Waals surface area contributed by atoms with Crippen molar-refractivity contribution < 1.29 is 18.7 Å². The van der Waals surface area contributed by atoms with Gasteiger partial charge in [-0.15, -0.1) is 11.8 Å². The Labute approximate surface area is 95.9 Å². The van der Waals surface area contributed by atoms with E-state index in [4.69, 9.17) is 5.11 Å². The van der Waals surface area contributed by atoms with Crippen molar-refractivity contribution in [1.82, 2.24) is 5.32 Å². The molecule has 0 aromatic heterocycles. The van der Waals surface area contributed by atoms with Crippen LogP contribution >= 0.6 is 11.8 Å². The van der Waals surface area contributed by atoms with Gasteiger partial charge in [0.15, 0.2) is 0 Å². The molecule has 1 aromatic rings. The number of halogens is 2. The fraction of sp³-hybridized carbons (Fsp3) is 0.300. The minimum Gasteiger partial charge on any atom is -0.395 e. The Hall–Kier alpha value is -1.14. The maximum absolute atomic E-state index is 13.1. The lowest BCUT2D eigenvalue weighted by atomic mass is 10.3. The van der Waals surface area contributed by atoms with E-state index in [1.807, 2.05) is 0 Å². The number of aliphatic hydroxyl groups is 1. The molecule has 0 heterocycles.